The lowest BCUT2D eigenvalue weighted by atomic mass is 9.46. The van der Waals surface area contributed by atoms with Crippen LogP contribution >= 0.6 is 0 Å². The van der Waals surface area contributed by atoms with Crippen LogP contribution in [-0.2, 0) is 0 Å². The molecule has 4 aliphatic carbocycles. The zero-order valence-corrected chi connectivity index (χ0v) is 21.9. The number of rotatable bonds is 5. The van der Waals surface area contributed by atoms with Crippen LogP contribution in [0.25, 0.3) is 0 Å². The Balaban J connectivity index is 0.00000124. The first kappa shape index (κ1) is 24.4. The zero-order chi connectivity index (χ0) is 22.1. The summed E-state index contributed by atoms with van der Waals surface area (Å²) in [5.41, 5.74) is 3.06. The molecule has 0 aromatic rings. The fraction of sp³-hybridized carbons (Fsp3) is 0.933. The van der Waals surface area contributed by atoms with Gasteiger partial charge in [-0.2, -0.15) is 0 Å². The topological polar surface area (TPSA) is 0 Å². The van der Waals surface area contributed by atoms with Crippen molar-refractivity contribution in [3.05, 3.63) is 11.6 Å². The average molecular weight is 415 g/mol. The summed E-state index contributed by atoms with van der Waals surface area (Å²) in [6, 6.07) is 0. The van der Waals surface area contributed by atoms with E-state index < -0.39 is 0 Å². The van der Waals surface area contributed by atoms with Crippen molar-refractivity contribution in [3.63, 3.8) is 0 Å². The smallest absolute Gasteiger partial charge is 0.00851 e. The van der Waals surface area contributed by atoms with Crippen LogP contribution in [-0.4, -0.2) is 0 Å². The molecule has 0 heteroatoms. The Kier molecular flexibility index (Phi) is 7.89. The van der Waals surface area contributed by atoms with Gasteiger partial charge in [0.05, 0.1) is 0 Å². The molecular formula is C30H54. The van der Waals surface area contributed by atoms with Gasteiger partial charge in [-0.25, -0.2) is 0 Å². The standard InChI is InChI=1S/C28H48.C2H6/c1-19(2)8-7-9-21(4)24-12-13-25-23-11-10-22-18-20(3)14-16-27(22,5)26(23)15-17-28(24,25)6;1-2/h10,19-21,23-26H,7-9,11-18H2,1-6H3;1-2H3/t20?,21?,23?,24-,25+,26+,27+,28-;/m1./s1. The molecule has 4 rings (SSSR count). The highest BCUT2D eigenvalue weighted by Crippen LogP contribution is 2.67. The van der Waals surface area contributed by atoms with E-state index in [1.165, 1.54) is 70.6 Å². The Bertz CT molecular complexity index is 585. The monoisotopic (exact) mass is 414 g/mol. The predicted octanol–water partition coefficient (Wildman–Crippen LogP) is 9.69. The zero-order valence-electron chi connectivity index (χ0n) is 21.9. The second-order valence-corrected chi connectivity index (χ2v) is 12.6. The third-order valence-corrected chi connectivity index (χ3v) is 10.6. The fourth-order valence-corrected chi connectivity index (χ4v) is 8.87. The molecule has 8 atom stereocenters. The van der Waals surface area contributed by atoms with Gasteiger partial charge in [-0.1, -0.05) is 86.3 Å². The lowest BCUT2D eigenvalue weighted by Crippen LogP contribution is -2.50. The van der Waals surface area contributed by atoms with E-state index >= 15 is 0 Å². The molecule has 0 amide bonds. The molecule has 3 saturated carbocycles. The number of hydrogen-bond donors (Lipinski definition) is 0. The molecule has 0 radical (unpaired) electrons. The van der Waals surface area contributed by atoms with Gasteiger partial charge in [0.1, 0.15) is 0 Å². The van der Waals surface area contributed by atoms with Gasteiger partial charge in [-0.3, -0.25) is 0 Å². The van der Waals surface area contributed by atoms with Gasteiger partial charge in [0.2, 0.25) is 0 Å². The highest BCUT2D eigenvalue weighted by molar-refractivity contribution is 5.25. The first-order chi connectivity index (χ1) is 14.3. The molecule has 4 aliphatic rings. The number of fused-ring (bicyclic) bond motifs is 5. The highest BCUT2D eigenvalue weighted by atomic mass is 14.6. The summed E-state index contributed by atoms with van der Waals surface area (Å²) < 4.78 is 0. The maximum absolute atomic E-state index is 2.75. The maximum Gasteiger partial charge on any atom is -0.00851 e. The third kappa shape index (κ3) is 4.32. The molecule has 30 heavy (non-hydrogen) atoms. The summed E-state index contributed by atoms with van der Waals surface area (Å²) in [5.74, 6) is 6.73. The van der Waals surface area contributed by atoms with Gasteiger partial charge in [0, 0.05) is 0 Å². The molecule has 0 aliphatic heterocycles. The molecule has 0 saturated heterocycles. The quantitative estimate of drug-likeness (QED) is 0.393. The second-order valence-electron chi connectivity index (χ2n) is 12.6. The Morgan fingerprint density at radius 1 is 0.933 bits per heavy atom. The van der Waals surface area contributed by atoms with Crippen LogP contribution in [0, 0.1) is 52.3 Å². The summed E-state index contributed by atoms with van der Waals surface area (Å²) in [7, 11) is 0. The molecular weight excluding hydrogens is 360 g/mol. The SMILES string of the molecule is CC.CC(C)CCCC(C)[C@H]1CC[C@H]2C3CC=C4CC(C)CC[C@]4(C)[C@H]3CC[C@]12C. The summed E-state index contributed by atoms with van der Waals surface area (Å²) in [5, 5.41) is 0. The van der Waals surface area contributed by atoms with Gasteiger partial charge in [0.15, 0.2) is 0 Å². The Labute approximate surface area is 190 Å². The molecule has 0 aromatic carbocycles. The minimum Gasteiger partial charge on any atom is -0.0845 e. The van der Waals surface area contributed by atoms with E-state index in [-0.39, 0.29) is 0 Å². The number of allylic oxidation sites excluding steroid dienone is 2. The number of hydrogen-bond acceptors (Lipinski definition) is 0. The highest BCUT2D eigenvalue weighted by Gasteiger charge is 2.58. The lowest BCUT2D eigenvalue weighted by molar-refractivity contribution is -0.0523. The van der Waals surface area contributed by atoms with Crippen LogP contribution in [0.2, 0.25) is 0 Å². The van der Waals surface area contributed by atoms with Crippen LogP contribution in [0.15, 0.2) is 11.6 Å². The van der Waals surface area contributed by atoms with E-state index in [2.05, 4.69) is 47.6 Å². The van der Waals surface area contributed by atoms with E-state index in [1.807, 2.05) is 19.4 Å². The normalized spacial score (nSPS) is 43.6. The van der Waals surface area contributed by atoms with E-state index in [1.54, 1.807) is 0 Å². The van der Waals surface area contributed by atoms with Gasteiger partial charge < -0.3 is 0 Å². The Morgan fingerprint density at radius 2 is 1.67 bits per heavy atom. The molecule has 0 N–H and O–H groups in total. The minimum atomic E-state index is 0.553. The molecule has 0 heterocycles. The van der Waals surface area contributed by atoms with E-state index in [9.17, 15) is 0 Å². The lowest BCUT2D eigenvalue weighted by Gasteiger charge is -2.58. The Hall–Kier alpha value is -0.260. The summed E-state index contributed by atoms with van der Waals surface area (Å²) in [6.45, 7) is 19.3. The Morgan fingerprint density at radius 3 is 2.37 bits per heavy atom. The van der Waals surface area contributed by atoms with Crippen molar-refractivity contribution in [2.75, 3.05) is 0 Å². The predicted molar refractivity (Wildman–Crippen MR) is 134 cm³/mol. The van der Waals surface area contributed by atoms with Crippen molar-refractivity contribution >= 4 is 0 Å². The fourth-order valence-electron chi connectivity index (χ4n) is 8.87. The first-order valence-corrected chi connectivity index (χ1v) is 13.9. The van der Waals surface area contributed by atoms with Crippen molar-refractivity contribution in [2.24, 2.45) is 52.3 Å². The average Bonchev–Trinajstić information content (AvgIpc) is 3.07. The van der Waals surface area contributed by atoms with E-state index in [0.29, 0.717) is 10.8 Å². The van der Waals surface area contributed by atoms with Crippen LogP contribution in [0.3, 0.4) is 0 Å². The maximum atomic E-state index is 2.75. The van der Waals surface area contributed by atoms with E-state index in [0.717, 1.165) is 41.4 Å². The second kappa shape index (κ2) is 9.70. The summed E-state index contributed by atoms with van der Waals surface area (Å²) in [6.07, 6.45) is 19.0. The van der Waals surface area contributed by atoms with Crippen molar-refractivity contribution in [2.45, 2.75) is 126 Å². The third-order valence-electron chi connectivity index (χ3n) is 10.6. The van der Waals surface area contributed by atoms with Crippen LogP contribution in [0.1, 0.15) is 126 Å². The molecule has 0 bridgehead atoms. The minimum absolute atomic E-state index is 0.553. The van der Waals surface area contributed by atoms with Gasteiger partial charge >= 0.3 is 0 Å². The summed E-state index contributed by atoms with van der Waals surface area (Å²) in [4.78, 5) is 0. The van der Waals surface area contributed by atoms with Gasteiger partial charge in [0.25, 0.3) is 0 Å². The van der Waals surface area contributed by atoms with Gasteiger partial charge in [-0.05, 0) is 104 Å². The van der Waals surface area contributed by atoms with E-state index in [4.69, 9.17) is 0 Å². The van der Waals surface area contributed by atoms with Crippen LogP contribution in [0.4, 0.5) is 0 Å². The van der Waals surface area contributed by atoms with Crippen molar-refractivity contribution in [3.8, 4) is 0 Å². The first-order valence-electron chi connectivity index (χ1n) is 13.9. The van der Waals surface area contributed by atoms with Crippen molar-refractivity contribution in [1.29, 1.82) is 0 Å². The largest absolute Gasteiger partial charge is 0.0845 e. The van der Waals surface area contributed by atoms with Gasteiger partial charge in [-0.15, -0.1) is 0 Å². The molecule has 0 spiro atoms. The van der Waals surface area contributed by atoms with Crippen molar-refractivity contribution < 1.29 is 0 Å². The van der Waals surface area contributed by atoms with Crippen LogP contribution < -0.4 is 0 Å². The van der Waals surface area contributed by atoms with Crippen LogP contribution in [0.5, 0.6) is 0 Å². The molecule has 174 valence electrons. The summed E-state index contributed by atoms with van der Waals surface area (Å²) >= 11 is 0. The molecule has 3 unspecified atom stereocenters. The molecule has 0 nitrogen and oxygen atoms in total. The van der Waals surface area contributed by atoms with Crippen molar-refractivity contribution in [1.82, 2.24) is 0 Å². The molecule has 0 aromatic heterocycles. The molecule has 3 fully saturated rings.